The fourth-order valence-electron chi connectivity index (χ4n) is 2.74. The molecule has 0 N–H and O–H groups in total. The van der Waals surface area contributed by atoms with Gasteiger partial charge in [-0.2, -0.15) is 0 Å². The van der Waals surface area contributed by atoms with E-state index in [1.165, 1.54) is 13.0 Å². The van der Waals surface area contributed by atoms with Gasteiger partial charge in [0.15, 0.2) is 0 Å². The highest BCUT2D eigenvalue weighted by Crippen LogP contribution is 2.20. The van der Waals surface area contributed by atoms with Crippen LogP contribution in [0.3, 0.4) is 0 Å². The van der Waals surface area contributed by atoms with Crippen molar-refractivity contribution in [3.63, 3.8) is 0 Å². The standard InChI is InChI=1S/C14H28N2O/c1-4-15(5-2)10-7-11-16(6-3)13-8-9-14(17)12-13/h13H,4-12H2,1-3H3. The minimum absolute atomic E-state index is 0.456. The molecule has 1 aliphatic rings. The van der Waals surface area contributed by atoms with E-state index in [4.69, 9.17) is 0 Å². The number of carbonyl (C=O) groups excluding carboxylic acids is 1. The Balaban J connectivity index is 2.25. The van der Waals surface area contributed by atoms with E-state index < -0.39 is 0 Å². The molecule has 1 aliphatic carbocycles. The molecule has 0 bridgehead atoms. The monoisotopic (exact) mass is 240 g/mol. The van der Waals surface area contributed by atoms with Crippen LogP contribution in [0.2, 0.25) is 0 Å². The van der Waals surface area contributed by atoms with Gasteiger partial charge >= 0.3 is 0 Å². The average molecular weight is 240 g/mol. The molecule has 0 saturated heterocycles. The Kier molecular flexibility index (Phi) is 6.75. The Morgan fingerprint density at radius 3 is 2.29 bits per heavy atom. The zero-order chi connectivity index (χ0) is 12.7. The lowest BCUT2D eigenvalue weighted by atomic mass is 10.2. The zero-order valence-electron chi connectivity index (χ0n) is 11.7. The molecule has 0 radical (unpaired) electrons. The van der Waals surface area contributed by atoms with Crippen molar-refractivity contribution in [2.45, 2.75) is 52.5 Å². The Labute approximate surface area is 106 Å². The Hall–Kier alpha value is -0.410. The normalized spacial score (nSPS) is 20.8. The molecule has 0 spiro atoms. The molecule has 1 fully saturated rings. The zero-order valence-corrected chi connectivity index (χ0v) is 11.7. The largest absolute Gasteiger partial charge is 0.304 e. The minimum Gasteiger partial charge on any atom is -0.304 e. The summed E-state index contributed by atoms with van der Waals surface area (Å²) in [5.74, 6) is 0.456. The van der Waals surface area contributed by atoms with Crippen molar-refractivity contribution in [1.82, 2.24) is 9.80 Å². The van der Waals surface area contributed by atoms with Crippen LogP contribution in [0.1, 0.15) is 46.5 Å². The summed E-state index contributed by atoms with van der Waals surface area (Å²) in [6.07, 6.45) is 3.90. The van der Waals surface area contributed by atoms with Crippen LogP contribution >= 0.6 is 0 Å². The molecule has 0 heterocycles. The Morgan fingerprint density at radius 1 is 1.12 bits per heavy atom. The van der Waals surface area contributed by atoms with E-state index in [-0.39, 0.29) is 0 Å². The Morgan fingerprint density at radius 2 is 1.82 bits per heavy atom. The van der Waals surface area contributed by atoms with E-state index in [9.17, 15) is 4.79 Å². The second kappa shape index (κ2) is 7.83. The molecule has 0 aromatic heterocycles. The SMILES string of the molecule is CCN(CC)CCCN(CC)C1CCC(=O)C1. The summed E-state index contributed by atoms with van der Waals surface area (Å²) in [5, 5.41) is 0. The number of Topliss-reactive ketones (excluding diaryl/α,β-unsaturated/α-hetero) is 1. The predicted octanol–water partition coefficient (Wildman–Crippen LogP) is 2.16. The molecular weight excluding hydrogens is 212 g/mol. The van der Waals surface area contributed by atoms with Gasteiger partial charge in [-0.25, -0.2) is 0 Å². The van der Waals surface area contributed by atoms with Crippen LogP contribution in [0.15, 0.2) is 0 Å². The second-order valence-corrected chi connectivity index (χ2v) is 4.94. The van der Waals surface area contributed by atoms with Crippen molar-refractivity contribution >= 4 is 5.78 Å². The smallest absolute Gasteiger partial charge is 0.134 e. The lowest BCUT2D eigenvalue weighted by Crippen LogP contribution is -2.36. The highest BCUT2D eigenvalue weighted by atomic mass is 16.1. The molecule has 3 heteroatoms. The van der Waals surface area contributed by atoms with Crippen molar-refractivity contribution in [2.24, 2.45) is 0 Å². The average Bonchev–Trinajstić information content (AvgIpc) is 2.76. The maximum absolute atomic E-state index is 11.3. The van der Waals surface area contributed by atoms with Crippen molar-refractivity contribution in [2.75, 3.05) is 32.7 Å². The van der Waals surface area contributed by atoms with Crippen LogP contribution in [0.25, 0.3) is 0 Å². The van der Waals surface area contributed by atoms with Crippen LogP contribution in [-0.4, -0.2) is 54.3 Å². The van der Waals surface area contributed by atoms with Crippen molar-refractivity contribution in [1.29, 1.82) is 0 Å². The summed E-state index contributed by atoms with van der Waals surface area (Å²) in [7, 11) is 0. The maximum atomic E-state index is 11.3. The number of rotatable bonds is 8. The summed E-state index contributed by atoms with van der Waals surface area (Å²) in [4.78, 5) is 16.3. The van der Waals surface area contributed by atoms with Gasteiger partial charge in [-0.3, -0.25) is 4.79 Å². The van der Waals surface area contributed by atoms with Gasteiger partial charge in [0.25, 0.3) is 0 Å². The van der Waals surface area contributed by atoms with E-state index in [0.29, 0.717) is 11.8 Å². The number of nitrogens with zero attached hydrogens (tertiary/aromatic N) is 2. The van der Waals surface area contributed by atoms with Gasteiger partial charge in [0.1, 0.15) is 5.78 Å². The predicted molar refractivity (Wildman–Crippen MR) is 72.3 cm³/mol. The van der Waals surface area contributed by atoms with Crippen molar-refractivity contribution < 1.29 is 4.79 Å². The molecule has 1 atom stereocenters. The first-order valence-electron chi connectivity index (χ1n) is 7.19. The third kappa shape index (κ3) is 4.76. The highest BCUT2D eigenvalue weighted by molar-refractivity contribution is 5.81. The summed E-state index contributed by atoms with van der Waals surface area (Å²) in [6, 6.07) is 0.532. The number of hydrogen-bond acceptors (Lipinski definition) is 3. The third-order valence-electron chi connectivity index (χ3n) is 3.96. The lowest BCUT2D eigenvalue weighted by Gasteiger charge is -2.28. The molecule has 1 rings (SSSR count). The van der Waals surface area contributed by atoms with E-state index in [1.54, 1.807) is 0 Å². The van der Waals surface area contributed by atoms with Crippen molar-refractivity contribution in [3.8, 4) is 0 Å². The van der Waals surface area contributed by atoms with Crippen LogP contribution in [-0.2, 0) is 4.79 Å². The summed E-state index contributed by atoms with van der Waals surface area (Å²) < 4.78 is 0. The van der Waals surface area contributed by atoms with E-state index in [2.05, 4.69) is 30.6 Å². The fourth-order valence-corrected chi connectivity index (χ4v) is 2.74. The maximum Gasteiger partial charge on any atom is 0.134 e. The van der Waals surface area contributed by atoms with Gasteiger partial charge in [0, 0.05) is 18.9 Å². The molecule has 0 amide bonds. The van der Waals surface area contributed by atoms with Gasteiger partial charge in [-0.05, 0) is 45.6 Å². The molecule has 100 valence electrons. The van der Waals surface area contributed by atoms with E-state index >= 15 is 0 Å². The van der Waals surface area contributed by atoms with Gasteiger partial charge in [0.05, 0.1) is 0 Å². The van der Waals surface area contributed by atoms with Gasteiger partial charge in [0.2, 0.25) is 0 Å². The summed E-state index contributed by atoms with van der Waals surface area (Å²) in [6.45, 7) is 12.3. The van der Waals surface area contributed by atoms with Gasteiger partial charge < -0.3 is 9.80 Å². The molecule has 1 unspecified atom stereocenters. The molecule has 0 aliphatic heterocycles. The number of ketones is 1. The van der Waals surface area contributed by atoms with Gasteiger partial charge in [-0.15, -0.1) is 0 Å². The molecule has 3 nitrogen and oxygen atoms in total. The first-order valence-corrected chi connectivity index (χ1v) is 7.19. The highest BCUT2D eigenvalue weighted by Gasteiger charge is 2.26. The Bertz CT molecular complexity index is 226. The second-order valence-electron chi connectivity index (χ2n) is 4.94. The first-order chi connectivity index (χ1) is 8.21. The van der Waals surface area contributed by atoms with Crippen LogP contribution in [0, 0.1) is 0 Å². The topological polar surface area (TPSA) is 23.6 Å². The van der Waals surface area contributed by atoms with Crippen LogP contribution in [0.5, 0.6) is 0 Å². The summed E-state index contributed by atoms with van der Waals surface area (Å²) >= 11 is 0. The fraction of sp³-hybridized carbons (Fsp3) is 0.929. The molecule has 17 heavy (non-hydrogen) atoms. The first kappa shape index (κ1) is 14.7. The van der Waals surface area contributed by atoms with Crippen LogP contribution < -0.4 is 0 Å². The summed E-state index contributed by atoms with van der Waals surface area (Å²) in [5.41, 5.74) is 0. The lowest BCUT2D eigenvalue weighted by molar-refractivity contribution is -0.117. The van der Waals surface area contributed by atoms with Crippen molar-refractivity contribution in [3.05, 3.63) is 0 Å². The van der Waals surface area contributed by atoms with E-state index in [0.717, 1.165) is 45.4 Å². The minimum atomic E-state index is 0.456. The third-order valence-corrected chi connectivity index (χ3v) is 3.96. The molecule has 0 aromatic rings. The number of carbonyl (C=O) groups is 1. The molecule has 0 aromatic carbocycles. The molecule has 1 saturated carbocycles. The quantitative estimate of drug-likeness (QED) is 0.649. The number of hydrogen-bond donors (Lipinski definition) is 0. The molecular formula is C14H28N2O. The van der Waals surface area contributed by atoms with Gasteiger partial charge in [-0.1, -0.05) is 20.8 Å². The van der Waals surface area contributed by atoms with Crippen LogP contribution in [0.4, 0.5) is 0 Å². The van der Waals surface area contributed by atoms with E-state index in [1.807, 2.05) is 0 Å².